The van der Waals surface area contributed by atoms with E-state index in [1.807, 2.05) is 37.4 Å². The molecule has 0 unspecified atom stereocenters. The van der Waals surface area contributed by atoms with Crippen LogP contribution in [0.25, 0.3) is 17.0 Å². The Labute approximate surface area is 173 Å². The number of para-hydroxylation sites is 1. The SMILES string of the molecule is C=CCn1cc(/C=C2/SC(=Nc3ccc(F)cc3)N(CC)C2=O)c2ccccc21. The summed E-state index contributed by atoms with van der Waals surface area (Å²) in [6.45, 7) is 6.95. The molecular weight excluding hydrogens is 385 g/mol. The minimum atomic E-state index is -0.312. The van der Waals surface area contributed by atoms with Crippen LogP contribution in [0.5, 0.6) is 0 Å². The van der Waals surface area contributed by atoms with Crippen LogP contribution in [0.15, 0.2) is 77.3 Å². The van der Waals surface area contributed by atoms with Gasteiger partial charge in [-0.15, -0.1) is 6.58 Å². The molecular formula is C23H20FN3OS. The molecule has 1 aromatic heterocycles. The van der Waals surface area contributed by atoms with Crippen molar-refractivity contribution in [2.24, 2.45) is 4.99 Å². The van der Waals surface area contributed by atoms with E-state index in [-0.39, 0.29) is 11.7 Å². The molecule has 4 rings (SSSR count). The predicted molar refractivity (Wildman–Crippen MR) is 119 cm³/mol. The molecule has 1 amide bonds. The van der Waals surface area contributed by atoms with Gasteiger partial charge in [0.05, 0.1) is 10.6 Å². The van der Waals surface area contributed by atoms with E-state index in [2.05, 4.69) is 28.3 Å². The average Bonchev–Trinajstić information content (AvgIpc) is 3.22. The molecule has 0 atom stereocenters. The number of aromatic nitrogens is 1. The summed E-state index contributed by atoms with van der Waals surface area (Å²) in [5, 5.41) is 1.69. The second-order valence-electron chi connectivity index (χ2n) is 6.57. The van der Waals surface area contributed by atoms with Gasteiger partial charge in [-0.05, 0) is 55.1 Å². The molecule has 29 heavy (non-hydrogen) atoms. The van der Waals surface area contributed by atoms with Crippen molar-refractivity contribution in [2.75, 3.05) is 6.54 Å². The zero-order chi connectivity index (χ0) is 20.4. The molecule has 0 saturated carbocycles. The molecule has 0 N–H and O–H groups in total. The second-order valence-corrected chi connectivity index (χ2v) is 7.58. The number of allylic oxidation sites excluding steroid dienone is 1. The molecule has 4 nitrogen and oxygen atoms in total. The third-order valence-corrected chi connectivity index (χ3v) is 5.69. The number of fused-ring (bicyclic) bond motifs is 1. The Balaban J connectivity index is 1.73. The number of amidine groups is 1. The van der Waals surface area contributed by atoms with Gasteiger partial charge < -0.3 is 4.57 Å². The van der Waals surface area contributed by atoms with E-state index < -0.39 is 0 Å². The van der Waals surface area contributed by atoms with Gasteiger partial charge in [0.15, 0.2) is 5.17 Å². The molecule has 2 aromatic carbocycles. The largest absolute Gasteiger partial charge is 0.343 e. The fourth-order valence-corrected chi connectivity index (χ4v) is 4.37. The maximum absolute atomic E-state index is 13.2. The summed E-state index contributed by atoms with van der Waals surface area (Å²) in [4.78, 5) is 19.7. The molecule has 6 heteroatoms. The van der Waals surface area contributed by atoms with Gasteiger partial charge in [0.25, 0.3) is 5.91 Å². The van der Waals surface area contributed by atoms with E-state index in [0.717, 1.165) is 16.5 Å². The maximum atomic E-state index is 13.2. The number of benzene rings is 2. The molecule has 1 saturated heterocycles. The van der Waals surface area contributed by atoms with E-state index >= 15 is 0 Å². The number of nitrogens with zero attached hydrogens (tertiary/aromatic N) is 3. The third kappa shape index (κ3) is 3.76. The highest BCUT2D eigenvalue weighted by Crippen LogP contribution is 2.35. The first-order valence-electron chi connectivity index (χ1n) is 9.35. The van der Waals surface area contributed by atoms with Gasteiger partial charge >= 0.3 is 0 Å². The molecule has 3 aromatic rings. The minimum absolute atomic E-state index is 0.0705. The van der Waals surface area contributed by atoms with E-state index in [0.29, 0.717) is 28.8 Å². The van der Waals surface area contributed by atoms with Gasteiger partial charge in [0.2, 0.25) is 0 Å². The zero-order valence-corrected chi connectivity index (χ0v) is 16.8. The molecule has 1 aliphatic rings. The molecule has 1 fully saturated rings. The van der Waals surface area contributed by atoms with Gasteiger partial charge in [0.1, 0.15) is 5.82 Å². The fraction of sp³-hybridized carbons (Fsp3) is 0.130. The smallest absolute Gasteiger partial charge is 0.266 e. The summed E-state index contributed by atoms with van der Waals surface area (Å²) in [7, 11) is 0. The highest BCUT2D eigenvalue weighted by Gasteiger charge is 2.32. The summed E-state index contributed by atoms with van der Waals surface area (Å²) >= 11 is 1.34. The number of carbonyl (C=O) groups is 1. The van der Waals surface area contributed by atoms with Crippen LogP contribution in [0.1, 0.15) is 12.5 Å². The number of hydrogen-bond donors (Lipinski definition) is 0. The van der Waals surface area contributed by atoms with Gasteiger partial charge in [-0.25, -0.2) is 9.38 Å². The summed E-state index contributed by atoms with van der Waals surface area (Å²) in [5.41, 5.74) is 2.70. The van der Waals surface area contributed by atoms with Crippen molar-refractivity contribution in [1.82, 2.24) is 9.47 Å². The van der Waals surface area contributed by atoms with Gasteiger partial charge in [0, 0.05) is 35.8 Å². The molecule has 0 radical (unpaired) electrons. The van der Waals surface area contributed by atoms with Crippen molar-refractivity contribution in [1.29, 1.82) is 0 Å². The van der Waals surface area contributed by atoms with Crippen molar-refractivity contribution in [2.45, 2.75) is 13.5 Å². The van der Waals surface area contributed by atoms with Crippen molar-refractivity contribution >= 4 is 45.5 Å². The maximum Gasteiger partial charge on any atom is 0.266 e. The molecule has 0 bridgehead atoms. The van der Waals surface area contributed by atoms with Gasteiger partial charge in [-0.1, -0.05) is 24.3 Å². The zero-order valence-electron chi connectivity index (χ0n) is 16.0. The number of amides is 1. The summed E-state index contributed by atoms with van der Waals surface area (Å²) in [6.07, 6.45) is 5.81. The van der Waals surface area contributed by atoms with E-state index in [4.69, 9.17) is 0 Å². The number of rotatable bonds is 5. The van der Waals surface area contributed by atoms with Crippen molar-refractivity contribution in [3.8, 4) is 0 Å². The number of carbonyl (C=O) groups excluding carboxylic acids is 1. The number of thioether (sulfide) groups is 1. The highest BCUT2D eigenvalue weighted by molar-refractivity contribution is 8.18. The standard InChI is InChI=1S/C23H20FN3OS/c1-3-13-26-15-16(19-7-5-6-8-20(19)26)14-21-22(28)27(4-2)23(29-21)25-18-11-9-17(24)10-12-18/h3,5-12,14-15H,1,4,13H2,2H3/b21-14+,25-23?. The Kier molecular flexibility index (Phi) is 5.36. The fourth-order valence-electron chi connectivity index (χ4n) is 3.32. The summed E-state index contributed by atoms with van der Waals surface area (Å²) < 4.78 is 15.3. The van der Waals surface area contributed by atoms with Crippen LogP contribution in [-0.2, 0) is 11.3 Å². The normalized spacial score (nSPS) is 17.0. The van der Waals surface area contributed by atoms with Crippen LogP contribution in [0, 0.1) is 5.82 Å². The Hall–Kier alpha value is -3.12. The minimum Gasteiger partial charge on any atom is -0.343 e. The quantitative estimate of drug-likeness (QED) is 0.410. The Morgan fingerprint density at radius 1 is 1.17 bits per heavy atom. The third-order valence-electron chi connectivity index (χ3n) is 4.69. The topological polar surface area (TPSA) is 37.6 Å². The van der Waals surface area contributed by atoms with Crippen LogP contribution in [0.4, 0.5) is 10.1 Å². The predicted octanol–water partition coefficient (Wildman–Crippen LogP) is 5.59. The Morgan fingerprint density at radius 3 is 2.66 bits per heavy atom. The summed E-state index contributed by atoms with van der Waals surface area (Å²) in [5.74, 6) is -0.383. The molecule has 0 spiro atoms. The first kappa shape index (κ1) is 19.2. The number of aliphatic imine (C=N–C) groups is 1. The molecule has 146 valence electrons. The molecule has 2 heterocycles. The van der Waals surface area contributed by atoms with Crippen LogP contribution < -0.4 is 0 Å². The number of halogens is 1. The van der Waals surface area contributed by atoms with E-state index in [1.54, 1.807) is 17.0 Å². The Bertz CT molecular complexity index is 1140. The Morgan fingerprint density at radius 2 is 1.93 bits per heavy atom. The van der Waals surface area contributed by atoms with E-state index in [9.17, 15) is 9.18 Å². The highest BCUT2D eigenvalue weighted by atomic mass is 32.2. The molecule has 1 aliphatic heterocycles. The van der Waals surface area contributed by atoms with Gasteiger partial charge in [-0.2, -0.15) is 0 Å². The van der Waals surface area contributed by atoms with Crippen molar-refractivity contribution in [3.05, 3.63) is 83.7 Å². The van der Waals surface area contributed by atoms with Gasteiger partial charge in [-0.3, -0.25) is 9.69 Å². The lowest BCUT2D eigenvalue weighted by atomic mass is 10.1. The molecule has 0 aliphatic carbocycles. The number of hydrogen-bond acceptors (Lipinski definition) is 3. The van der Waals surface area contributed by atoms with Crippen molar-refractivity contribution in [3.63, 3.8) is 0 Å². The first-order valence-corrected chi connectivity index (χ1v) is 10.2. The lowest BCUT2D eigenvalue weighted by molar-refractivity contribution is -0.122. The summed E-state index contributed by atoms with van der Waals surface area (Å²) in [6, 6.07) is 14.0. The average molecular weight is 405 g/mol. The van der Waals surface area contributed by atoms with Crippen LogP contribution in [-0.4, -0.2) is 27.1 Å². The van der Waals surface area contributed by atoms with Crippen molar-refractivity contribution < 1.29 is 9.18 Å². The second kappa shape index (κ2) is 8.09. The first-order chi connectivity index (χ1) is 14.1. The van der Waals surface area contributed by atoms with E-state index in [1.165, 1.54) is 23.9 Å². The van der Waals surface area contributed by atoms with Crippen LogP contribution in [0.3, 0.4) is 0 Å². The monoisotopic (exact) mass is 405 g/mol. The van der Waals surface area contributed by atoms with Crippen LogP contribution in [0.2, 0.25) is 0 Å². The lowest BCUT2D eigenvalue weighted by Crippen LogP contribution is -2.28. The number of likely N-dealkylation sites (N-methyl/N-ethyl adjacent to an activating group) is 1. The van der Waals surface area contributed by atoms with Crippen LogP contribution >= 0.6 is 11.8 Å². The lowest BCUT2D eigenvalue weighted by Gasteiger charge is -2.11.